The first-order valence-electron chi connectivity index (χ1n) is 6.68. The first kappa shape index (κ1) is 16.6. The van der Waals surface area contributed by atoms with Crippen LogP contribution in [-0.4, -0.2) is 17.7 Å². The maximum Gasteiger partial charge on any atom is 0.315 e. The minimum absolute atomic E-state index is 0.0778. The van der Waals surface area contributed by atoms with E-state index in [4.69, 9.17) is 16.3 Å². The number of carbonyl (C=O) groups is 1. The van der Waals surface area contributed by atoms with Crippen LogP contribution in [0, 0.1) is 0 Å². The molecule has 1 aromatic rings. The molecule has 112 valence electrons. The highest BCUT2D eigenvalue weighted by Crippen LogP contribution is 2.26. The van der Waals surface area contributed by atoms with Crippen LogP contribution in [0.3, 0.4) is 0 Å². The Labute approximate surface area is 125 Å². The molecule has 0 heterocycles. The number of hydrogen-bond acceptors (Lipinski definition) is 2. The monoisotopic (exact) mass is 298 g/mol. The molecular weight excluding hydrogens is 276 g/mol. The number of nitrogens with one attached hydrogen (secondary N) is 2. The zero-order valence-electron chi connectivity index (χ0n) is 12.7. The van der Waals surface area contributed by atoms with Crippen molar-refractivity contribution in [1.82, 2.24) is 10.6 Å². The molecule has 0 saturated carbocycles. The van der Waals surface area contributed by atoms with Crippen LogP contribution in [0.1, 0.15) is 40.2 Å². The van der Waals surface area contributed by atoms with Crippen molar-refractivity contribution in [3.8, 4) is 5.75 Å². The Bertz CT molecular complexity index is 467. The van der Waals surface area contributed by atoms with Gasteiger partial charge in [0.25, 0.3) is 0 Å². The van der Waals surface area contributed by atoms with Gasteiger partial charge in [-0.3, -0.25) is 0 Å². The molecule has 2 N–H and O–H groups in total. The van der Waals surface area contributed by atoms with Gasteiger partial charge in [0.1, 0.15) is 5.75 Å². The molecule has 0 radical (unpaired) electrons. The number of halogens is 1. The van der Waals surface area contributed by atoms with E-state index >= 15 is 0 Å². The van der Waals surface area contributed by atoms with Crippen LogP contribution >= 0.6 is 11.6 Å². The summed E-state index contributed by atoms with van der Waals surface area (Å²) in [6.07, 6.45) is 0.0778. The standard InChI is InChI=1S/C15H23ClN2O2/c1-10(2)20-13-7-6-11(8-12(13)16)9-17-14(19)18-15(3,4)5/h6-8,10H,9H2,1-5H3,(H2,17,18,19). The quantitative estimate of drug-likeness (QED) is 0.890. The van der Waals surface area contributed by atoms with Crippen molar-refractivity contribution in [3.63, 3.8) is 0 Å². The zero-order chi connectivity index (χ0) is 15.3. The fourth-order valence-electron chi connectivity index (χ4n) is 1.57. The van der Waals surface area contributed by atoms with Gasteiger partial charge in [0.15, 0.2) is 0 Å². The molecule has 4 nitrogen and oxygen atoms in total. The third kappa shape index (κ3) is 6.15. The molecular formula is C15H23ClN2O2. The van der Waals surface area contributed by atoms with Gasteiger partial charge in [-0.2, -0.15) is 0 Å². The van der Waals surface area contributed by atoms with Gasteiger partial charge in [0.2, 0.25) is 0 Å². The number of benzene rings is 1. The van der Waals surface area contributed by atoms with E-state index in [9.17, 15) is 4.79 Å². The average Bonchev–Trinajstić information content (AvgIpc) is 2.27. The summed E-state index contributed by atoms with van der Waals surface area (Å²) in [4.78, 5) is 11.6. The first-order chi connectivity index (χ1) is 9.17. The van der Waals surface area contributed by atoms with Crippen molar-refractivity contribution < 1.29 is 9.53 Å². The number of hydrogen-bond donors (Lipinski definition) is 2. The lowest BCUT2D eigenvalue weighted by Crippen LogP contribution is -2.46. The van der Waals surface area contributed by atoms with Crippen molar-refractivity contribution >= 4 is 17.6 Å². The smallest absolute Gasteiger partial charge is 0.315 e. The molecule has 1 rings (SSSR count). The fraction of sp³-hybridized carbons (Fsp3) is 0.533. The van der Waals surface area contributed by atoms with E-state index in [0.717, 1.165) is 5.56 Å². The van der Waals surface area contributed by atoms with Gasteiger partial charge >= 0.3 is 6.03 Å². The number of ether oxygens (including phenoxy) is 1. The molecule has 0 unspecified atom stereocenters. The van der Waals surface area contributed by atoms with E-state index in [2.05, 4.69) is 10.6 Å². The number of amides is 2. The minimum Gasteiger partial charge on any atom is -0.489 e. The van der Waals surface area contributed by atoms with Crippen molar-refractivity contribution in [2.45, 2.75) is 52.8 Å². The van der Waals surface area contributed by atoms with E-state index in [0.29, 0.717) is 17.3 Å². The second kappa shape index (κ2) is 6.84. The Hall–Kier alpha value is -1.42. The van der Waals surface area contributed by atoms with Gasteiger partial charge in [0.05, 0.1) is 11.1 Å². The van der Waals surface area contributed by atoms with Crippen molar-refractivity contribution in [2.24, 2.45) is 0 Å². The SMILES string of the molecule is CC(C)Oc1ccc(CNC(=O)NC(C)(C)C)cc1Cl. The molecule has 0 spiro atoms. The van der Waals surface area contributed by atoms with Gasteiger partial charge in [-0.15, -0.1) is 0 Å². The Morgan fingerprint density at radius 2 is 2.00 bits per heavy atom. The lowest BCUT2D eigenvalue weighted by Gasteiger charge is -2.20. The summed E-state index contributed by atoms with van der Waals surface area (Å²) in [5.41, 5.74) is 0.673. The molecule has 0 fully saturated rings. The number of carbonyl (C=O) groups excluding carboxylic acids is 1. The lowest BCUT2D eigenvalue weighted by atomic mass is 10.1. The highest BCUT2D eigenvalue weighted by Gasteiger charge is 2.13. The van der Waals surface area contributed by atoms with Gasteiger partial charge in [-0.25, -0.2) is 4.79 Å². The van der Waals surface area contributed by atoms with Crippen molar-refractivity contribution in [3.05, 3.63) is 28.8 Å². The van der Waals surface area contributed by atoms with E-state index in [1.54, 1.807) is 6.07 Å². The topological polar surface area (TPSA) is 50.4 Å². The van der Waals surface area contributed by atoms with Gasteiger partial charge in [0, 0.05) is 12.1 Å². The third-order valence-electron chi connectivity index (χ3n) is 2.30. The molecule has 0 atom stereocenters. The van der Waals surface area contributed by atoms with E-state index in [1.165, 1.54) is 0 Å². The number of rotatable bonds is 4. The summed E-state index contributed by atoms with van der Waals surface area (Å²) in [6, 6.07) is 5.31. The predicted molar refractivity (Wildman–Crippen MR) is 82.3 cm³/mol. The first-order valence-corrected chi connectivity index (χ1v) is 7.06. The highest BCUT2D eigenvalue weighted by atomic mass is 35.5. The normalized spacial score (nSPS) is 11.3. The molecule has 0 aliphatic heterocycles. The predicted octanol–water partition coefficient (Wildman–Crippen LogP) is 3.72. The Morgan fingerprint density at radius 3 is 2.50 bits per heavy atom. The van der Waals surface area contributed by atoms with E-state index in [-0.39, 0.29) is 17.7 Å². The van der Waals surface area contributed by atoms with Crippen LogP contribution < -0.4 is 15.4 Å². The average molecular weight is 299 g/mol. The van der Waals surface area contributed by atoms with Crippen molar-refractivity contribution in [1.29, 1.82) is 0 Å². The van der Waals surface area contributed by atoms with Crippen LogP contribution in [-0.2, 0) is 6.54 Å². The fourth-order valence-corrected chi connectivity index (χ4v) is 1.82. The van der Waals surface area contributed by atoms with Crippen LogP contribution in [0.2, 0.25) is 5.02 Å². The van der Waals surface area contributed by atoms with Crippen molar-refractivity contribution in [2.75, 3.05) is 0 Å². The lowest BCUT2D eigenvalue weighted by molar-refractivity contribution is 0.231. The van der Waals surface area contributed by atoms with E-state index in [1.807, 2.05) is 46.8 Å². The summed E-state index contributed by atoms with van der Waals surface area (Å²) in [5, 5.41) is 6.18. The summed E-state index contributed by atoms with van der Waals surface area (Å²) >= 11 is 6.14. The maximum atomic E-state index is 11.6. The molecule has 0 bridgehead atoms. The molecule has 5 heteroatoms. The molecule has 0 aliphatic rings. The summed E-state index contributed by atoms with van der Waals surface area (Å²) in [6.45, 7) is 10.1. The van der Waals surface area contributed by atoms with Crippen LogP contribution in [0.4, 0.5) is 4.79 Å². The Kier molecular flexibility index (Phi) is 5.69. The third-order valence-corrected chi connectivity index (χ3v) is 2.60. The summed E-state index contributed by atoms with van der Waals surface area (Å²) in [7, 11) is 0. The minimum atomic E-state index is -0.253. The second-order valence-electron chi connectivity index (χ2n) is 5.99. The zero-order valence-corrected chi connectivity index (χ0v) is 13.5. The Morgan fingerprint density at radius 1 is 1.35 bits per heavy atom. The van der Waals surface area contributed by atoms with Gasteiger partial charge in [-0.1, -0.05) is 17.7 Å². The molecule has 20 heavy (non-hydrogen) atoms. The molecule has 0 aliphatic carbocycles. The molecule has 0 saturated heterocycles. The van der Waals surface area contributed by atoms with Crippen LogP contribution in [0.25, 0.3) is 0 Å². The molecule has 2 amide bonds. The second-order valence-corrected chi connectivity index (χ2v) is 6.40. The van der Waals surface area contributed by atoms with Crippen LogP contribution in [0.15, 0.2) is 18.2 Å². The van der Waals surface area contributed by atoms with Gasteiger partial charge in [-0.05, 0) is 52.3 Å². The number of urea groups is 1. The van der Waals surface area contributed by atoms with Crippen LogP contribution in [0.5, 0.6) is 5.75 Å². The largest absolute Gasteiger partial charge is 0.489 e. The maximum absolute atomic E-state index is 11.6. The summed E-state index contributed by atoms with van der Waals surface area (Å²) in [5.74, 6) is 0.657. The van der Waals surface area contributed by atoms with E-state index < -0.39 is 0 Å². The Balaban J connectivity index is 2.57. The molecule has 0 aromatic heterocycles. The highest BCUT2D eigenvalue weighted by molar-refractivity contribution is 6.32. The molecule has 1 aromatic carbocycles. The van der Waals surface area contributed by atoms with Gasteiger partial charge < -0.3 is 15.4 Å². The summed E-state index contributed by atoms with van der Waals surface area (Å²) < 4.78 is 5.56.